The normalized spacial score (nSPS) is 17.8. The van der Waals surface area contributed by atoms with Crippen molar-refractivity contribution in [3.63, 3.8) is 0 Å². The Labute approximate surface area is 143 Å². The second-order valence-electron chi connectivity index (χ2n) is 6.15. The lowest BCUT2D eigenvalue weighted by Crippen LogP contribution is -2.48. The molecule has 5 heteroatoms. The first-order chi connectivity index (χ1) is 11.7. The highest BCUT2D eigenvalue weighted by Crippen LogP contribution is 2.29. The van der Waals surface area contributed by atoms with Gasteiger partial charge in [-0.15, -0.1) is 0 Å². The molecule has 2 aromatic rings. The minimum Gasteiger partial charge on any atom is -0.450 e. The largest absolute Gasteiger partial charge is 0.450 e. The van der Waals surface area contributed by atoms with E-state index in [1.807, 2.05) is 13.0 Å². The summed E-state index contributed by atoms with van der Waals surface area (Å²) in [6.07, 6.45) is 2.63. The van der Waals surface area contributed by atoms with Crippen LogP contribution in [0.2, 0.25) is 0 Å². The maximum Gasteiger partial charge on any atom is 0.407 e. The molecule has 1 N–H and O–H groups in total. The first-order valence-electron chi connectivity index (χ1n) is 8.78. The minimum absolute atomic E-state index is 0.120. The number of carbonyl (C=O) groups is 1. The molecule has 5 nitrogen and oxygen atoms in total. The molecule has 0 radical (unpaired) electrons. The van der Waals surface area contributed by atoms with Crippen molar-refractivity contribution in [1.82, 2.24) is 10.3 Å². The van der Waals surface area contributed by atoms with Gasteiger partial charge in [-0.25, -0.2) is 4.79 Å². The lowest BCUT2D eigenvalue weighted by atomic mass is 10.0. The first kappa shape index (κ1) is 16.6. The molecule has 1 aliphatic rings. The molecule has 0 saturated carbocycles. The van der Waals surface area contributed by atoms with Gasteiger partial charge in [-0.3, -0.25) is 4.98 Å². The lowest BCUT2D eigenvalue weighted by Gasteiger charge is -2.35. The van der Waals surface area contributed by atoms with Gasteiger partial charge in [0.2, 0.25) is 0 Å². The molecule has 3 rings (SSSR count). The summed E-state index contributed by atoms with van der Waals surface area (Å²) in [5.41, 5.74) is 3.35. The lowest BCUT2D eigenvalue weighted by molar-refractivity contribution is 0.146. The fraction of sp³-hybridized carbons (Fsp3) is 0.474. The molecule has 24 heavy (non-hydrogen) atoms. The molecule has 1 unspecified atom stereocenters. The van der Waals surface area contributed by atoms with Crippen LogP contribution in [0.5, 0.6) is 0 Å². The molecule has 1 fully saturated rings. The summed E-state index contributed by atoms with van der Waals surface area (Å²) < 4.78 is 5.01. The number of nitrogens with one attached hydrogen (secondary N) is 1. The van der Waals surface area contributed by atoms with E-state index in [2.05, 4.69) is 41.4 Å². The molecule has 0 spiro atoms. The number of amides is 1. The fourth-order valence-corrected chi connectivity index (χ4v) is 3.31. The molecule has 1 aromatic heterocycles. The Hall–Kier alpha value is -2.30. The second kappa shape index (κ2) is 7.51. The number of anilines is 1. The average Bonchev–Trinajstić information content (AvgIpc) is 2.61. The predicted molar refractivity (Wildman–Crippen MR) is 96.5 cm³/mol. The van der Waals surface area contributed by atoms with E-state index < -0.39 is 0 Å². The van der Waals surface area contributed by atoms with Gasteiger partial charge in [0, 0.05) is 35.9 Å². The van der Waals surface area contributed by atoms with E-state index in [1.165, 1.54) is 11.1 Å². The van der Waals surface area contributed by atoms with Gasteiger partial charge in [0.15, 0.2) is 0 Å². The SMILES string of the molecule is CCOC(=O)NC1CCCN(c2cc(CC)nc3ccccc23)C1. The van der Waals surface area contributed by atoms with Crippen LogP contribution in [-0.2, 0) is 11.2 Å². The number of ether oxygens (including phenoxy) is 1. The molecule has 1 aliphatic heterocycles. The highest BCUT2D eigenvalue weighted by atomic mass is 16.5. The molecule has 1 saturated heterocycles. The molecule has 0 aliphatic carbocycles. The second-order valence-corrected chi connectivity index (χ2v) is 6.15. The van der Waals surface area contributed by atoms with Crippen LogP contribution in [0.4, 0.5) is 10.5 Å². The summed E-state index contributed by atoms with van der Waals surface area (Å²) in [6, 6.07) is 10.6. The van der Waals surface area contributed by atoms with Crippen molar-refractivity contribution < 1.29 is 9.53 Å². The van der Waals surface area contributed by atoms with Crippen LogP contribution in [0.15, 0.2) is 30.3 Å². The third-order valence-electron chi connectivity index (χ3n) is 4.47. The summed E-state index contributed by atoms with van der Waals surface area (Å²) in [5.74, 6) is 0. The number of benzene rings is 1. The summed E-state index contributed by atoms with van der Waals surface area (Å²) in [7, 11) is 0. The third kappa shape index (κ3) is 3.61. The van der Waals surface area contributed by atoms with E-state index in [4.69, 9.17) is 9.72 Å². The Balaban J connectivity index is 1.85. The van der Waals surface area contributed by atoms with Crippen molar-refractivity contribution in [2.24, 2.45) is 0 Å². The Morgan fingerprint density at radius 3 is 3.00 bits per heavy atom. The maximum atomic E-state index is 11.7. The summed E-state index contributed by atoms with van der Waals surface area (Å²) in [4.78, 5) is 18.8. The van der Waals surface area contributed by atoms with Crippen LogP contribution in [0.3, 0.4) is 0 Å². The number of carbonyl (C=O) groups excluding carboxylic acids is 1. The third-order valence-corrected chi connectivity index (χ3v) is 4.47. The van der Waals surface area contributed by atoms with E-state index >= 15 is 0 Å². The van der Waals surface area contributed by atoms with Gasteiger partial charge in [-0.1, -0.05) is 25.1 Å². The molecule has 128 valence electrons. The van der Waals surface area contributed by atoms with Crippen LogP contribution in [0.25, 0.3) is 10.9 Å². The van der Waals surface area contributed by atoms with Crippen molar-refractivity contribution in [2.75, 3.05) is 24.6 Å². The predicted octanol–water partition coefficient (Wildman–Crippen LogP) is 3.51. The Kier molecular flexibility index (Phi) is 5.18. The van der Waals surface area contributed by atoms with Crippen LogP contribution >= 0.6 is 0 Å². The zero-order chi connectivity index (χ0) is 16.9. The van der Waals surface area contributed by atoms with Crippen molar-refractivity contribution in [3.05, 3.63) is 36.0 Å². The molecule has 1 amide bonds. The van der Waals surface area contributed by atoms with E-state index in [9.17, 15) is 4.79 Å². The standard InChI is InChI=1S/C19H25N3O2/c1-3-14-12-18(16-9-5-6-10-17(16)20-14)22-11-7-8-15(13-22)21-19(23)24-4-2/h5-6,9-10,12,15H,3-4,7-8,11,13H2,1-2H3,(H,21,23). The molecular weight excluding hydrogens is 302 g/mol. The van der Waals surface area contributed by atoms with Gasteiger partial charge in [0.25, 0.3) is 0 Å². The van der Waals surface area contributed by atoms with Crippen LogP contribution in [0.1, 0.15) is 32.4 Å². The zero-order valence-electron chi connectivity index (χ0n) is 14.4. The molecule has 2 heterocycles. The van der Waals surface area contributed by atoms with Gasteiger partial charge in [-0.05, 0) is 38.3 Å². The Morgan fingerprint density at radius 2 is 2.21 bits per heavy atom. The molecule has 1 atom stereocenters. The van der Waals surface area contributed by atoms with Crippen molar-refractivity contribution in [3.8, 4) is 0 Å². The summed E-state index contributed by atoms with van der Waals surface area (Å²) >= 11 is 0. The van der Waals surface area contributed by atoms with Crippen molar-refractivity contribution in [1.29, 1.82) is 0 Å². The van der Waals surface area contributed by atoms with E-state index in [1.54, 1.807) is 0 Å². The van der Waals surface area contributed by atoms with Crippen LogP contribution < -0.4 is 10.2 Å². The van der Waals surface area contributed by atoms with Gasteiger partial charge < -0.3 is 15.0 Å². The van der Waals surface area contributed by atoms with Crippen LogP contribution in [-0.4, -0.2) is 36.8 Å². The van der Waals surface area contributed by atoms with E-state index in [0.29, 0.717) is 6.61 Å². The molecule has 1 aromatic carbocycles. The number of nitrogens with zero attached hydrogens (tertiary/aromatic N) is 2. The quantitative estimate of drug-likeness (QED) is 0.933. The average molecular weight is 327 g/mol. The van der Waals surface area contributed by atoms with Gasteiger partial charge in [-0.2, -0.15) is 0 Å². The number of aryl methyl sites for hydroxylation is 1. The highest BCUT2D eigenvalue weighted by molar-refractivity contribution is 5.92. The number of piperidine rings is 1. The first-order valence-corrected chi connectivity index (χ1v) is 8.78. The summed E-state index contributed by atoms with van der Waals surface area (Å²) in [6.45, 7) is 6.15. The summed E-state index contributed by atoms with van der Waals surface area (Å²) in [5, 5.41) is 4.15. The minimum atomic E-state index is -0.321. The van der Waals surface area contributed by atoms with E-state index in [-0.39, 0.29) is 12.1 Å². The number of pyridine rings is 1. The van der Waals surface area contributed by atoms with Crippen molar-refractivity contribution in [2.45, 2.75) is 39.2 Å². The number of alkyl carbamates (subject to hydrolysis) is 1. The number of hydrogen-bond acceptors (Lipinski definition) is 4. The number of para-hydroxylation sites is 1. The number of hydrogen-bond donors (Lipinski definition) is 1. The Bertz CT molecular complexity index is 717. The van der Waals surface area contributed by atoms with Gasteiger partial charge in [0.05, 0.1) is 12.1 Å². The number of fused-ring (bicyclic) bond motifs is 1. The maximum absolute atomic E-state index is 11.7. The number of aromatic nitrogens is 1. The van der Waals surface area contributed by atoms with Crippen LogP contribution in [0, 0.1) is 0 Å². The van der Waals surface area contributed by atoms with Gasteiger partial charge in [0.1, 0.15) is 0 Å². The zero-order valence-corrected chi connectivity index (χ0v) is 14.4. The van der Waals surface area contributed by atoms with Crippen molar-refractivity contribution >= 4 is 22.7 Å². The Morgan fingerprint density at radius 1 is 1.38 bits per heavy atom. The topological polar surface area (TPSA) is 54.5 Å². The monoisotopic (exact) mass is 327 g/mol. The highest BCUT2D eigenvalue weighted by Gasteiger charge is 2.23. The fourth-order valence-electron chi connectivity index (χ4n) is 3.31. The molecule has 0 bridgehead atoms. The molecular formula is C19H25N3O2. The van der Waals surface area contributed by atoms with Gasteiger partial charge >= 0.3 is 6.09 Å². The number of rotatable bonds is 4. The van der Waals surface area contributed by atoms with E-state index in [0.717, 1.165) is 43.6 Å². The smallest absolute Gasteiger partial charge is 0.407 e.